The van der Waals surface area contributed by atoms with Crippen LogP contribution in [0.1, 0.15) is 25.0 Å². The van der Waals surface area contributed by atoms with Gasteiger partial charge in [-0.3, -0.25) is 0 Å². The van der Waals surface area contributed by atoms with Crippen LogP contribution in [0.15, 0.2) is 47.4 Å². The number of aryl methyl sites for hydroxylation is 1. The van der Waals surface area contributed by atoms with Gasteiger partial charge >= 0.3 is 0 Å². The second-order valence-electron chi connectivity index (χ2n) is 4.27. The lowest BCUT2D eigenvalue weighted by Gasteiger charge is -2.10. The van der Waals surface area contributed by atoms with Gasteiger partial charge in [-0.15, -0.1) is 11.8 Å². The standard InChI is InChI=1S/C17H17NOS/c1-3-13-8-10-14(11-9-13)19-16-6-5-7-17(20-4-2)15(16)12-18/h5-11H,3-4H2,1-2H3. The number of ether oxygens (including phenoxy) is 1. The predicted molar refractivity (Wildman–Crippen MR) is 83.4 cm³/mol. The minimum atomic E-state index is 0.610. The van der Waals surface area contributed by atoms with Crippen molar-refractivity contribution in [3.63, 3.8) is 0 Å². The minimum Gasteiger partial charge on any atom is -0.456 e. The normalized spacial score (nSPS) is 10.1. The van der Waals surface area contributed by atoms with Crippen LogP contribution in [0, 0.1) is 11.3 Å². The van der Waals surface area contributed by atoms with Crippen molar-refractivity contribution in [2.75, 3.05) is 5.75 Å². The zero-order chi connectivity index (χ0) is 14.4. The van der Waals surface area contributed by atoms with E-state index in [4.69, 9.17) is 4.74 Å². The van der Waals surface area contributed by atoms with E-state index in [1.165, 1.54) is 5.56 Å². The molecule has 2 aromatic carbocycles. The average Bonchev–Trinajstić information content (AvgIpc) is 2.49. The van der Waals surface area contributed by atoms with Gasteiger partial charge in [0.15, 0.2) is 0 Å². The van der Waals surface area contributed by atoms with E-state index in [2.05, 4.69) is 19.9 Å². The van der Waals surface area contributed by atoms with Gasteiger partial charge in [0.05, 0.1) is 0 Å². The summed E-state index contributed by atoms with van der Waals surface area (Å²) in [4.78, 5) is 0.970. The second kappa shape index (κ2) is 7.02. The summed E-state index contributed by atoms with van der Waals surface area (Å²) in [5.74, 6) is 2.32. The number of nitrogens with zero attached hydrogens (tertiary/aromatic N) is 1. The Morgan fingerprint density at radius 1 is 1.10 bits per heavy atom. The molecule has 0 N–H and O–H groups in total. The fourth-order valence-corrected chi connectivity index (χ4v) is 2.68. The summed E-state index contributed by atoms with van der Waals surface area (Å²) in [7, 11) is 0. The van der Waals surface area contributed by atoms with E-state index < -0.39 is 0 Å². The van der Waals surface area contributed by atoms with Crippen molar-refractivity contribution in [1.29, 1.82) is 5.26 Å². The molecule has 0 amide bonds. The highest BCUT2D eigenvalue weighted by Gasteiger charge is 2.10. The Kier molecular flexibility index (Phi) is 5.09. The first-order valence-corrected chi connectivity index (χ1v) is 7.69. The number of nitriles is 1. The van der Waals surface area contributed by atoms with Crippen LogP contribution in [0.25, 0.3) is 0 Å². The van der Waals surface area contributed by atoms with E-state index in [-0.39, 0.29) is 0 Å². The molecule has 102 valence electrons. The van der Waals surface area contributed by atoms with Crippen LogP contribution in [0.5, 0.6) is 11.5 Å². The zero-order valence-corrected chi connectivity index (χ0v) is 12.5. The summed E-state index contributed by atoms with van der Waals surface area (Å²) >= 11 is 1.65. The number of hydrogen-bond donors (Lipinski definition) is 0. The molecule has 0 aliphatic rings. The molecule has 0 atom stereocenters. The van der Waals surface area contributed by atoms with E-state index in [1.54, 1.807) is 11.8 Å². The topological polar surface area (TPSA) is 33.0 Å². The zero-order valence-electron chi connectivity index (χ0n) is 11.7. The molecule has 2 aromatic rings. The van der Waals surface area contributed by atoms with E-state index in [9.17, 15) is 5.26 Å². The van der Waals surface area contributed by atoms with E-state index in [0.717, 1.165) is 22.8 Å². The van der Waals surface area contributed by atoms with Crippen LogP contribution in [0.3, 0.4) is 0 Å². The van der Waals surface area contributed by atoms with Crippen LogP contribution in [-0.4, -0.2) is 5.75 Å². The summed E-state index contributed by atoms with van der Waals surface area (Å²) in [6.07, 6.45) is 1.01. The Morgan fingerprint density at radius 3 is 2.45 bits per heavy atom. The number of rotatable bonds is 5. The second-order valence-corrected chi connectivity index (χ2v) is 5.58. The molecule has 0 aliphatic heterocycles. The number of thioether (sulfide) groups is 1. The molecule has 2 nitrogen and oxygen atoms in total. The molecule has 0 fully saturated rings. The van der Waals surface area contributed by atoms with Gasteiger partial charge in [0.2, 0.25) is 0 Å². The molecule has 0 aliphatic carbocycles. The van der Waals surface area contributed by atoms with Crippen molar-refractivity contribution in [2.24, 2.45) is 0 Å². The molecular weight excluding hydrogens is 266 g/mol. The fraction of sp³-hybridized carbons (Fsp3) is 0.235. The Balaban J connectivity index is 2.28. The van der Waals surface area contributed by atoms with Gasteiger partial charge in [-0.1, -0.05) is 32.0 Å². The summed E-state index contributed by atoms with van der Waals surface area (Å²) in [5, 5.41) is 9.34. The van der Waals surface area contributed by atoms with Crippen LogP contribution in [-0.2, 0) is 6.42 Å². The van der Waals surface area contributed by atoms with Crippen LogP contribution < -0.4 is 4.74 Å². The van der Waals surface area contributed by atoms with Crippen molar-refractivity contribution in [3.05, 3.63) is 53.6 Å². The first kappa shape index (κ1) is 14.5. The first-order valence-electron chi connectivity index (χ1n) is 6.71. The number of benzene rings is 2. The van der Waals surface area contributed by atoms with Gasteiger partial charge < -0.3 is 4.74 Å². The lowest BCUT2D eigenvalue weighted by atomic mass is 10.1. The summed E-state index contributed by atoms with van der Waals surface area (Å²) in [6, 6.07) is 16.0. The fourth-order valence-electron chi connectivity index (χ4n) is 1.90. The van der Waals surface area contributed by atoms with Gasteiger partial charge in [0.1, 0.15) is 23.1 Å². The SMILES string of the molecule is CCSc1cccc(Oc2ccc(CC)cc2)c1C#N. The van der Waals surface area contributed by atoms with Gasteiger partial charge in [0, 0.05) is 4.90 Å². The van der Waals surface area contributed by atoms with E-state index in [1.807, 2.05) is 42.5 Å². The van der Waals surface area contributed by atoms with Crippen molar-refractivity contribution in [1.82, 2.24) is 0 Å². The first-order chi connectivity index (χ1) is 9.78. The third-order valence-electron chi connectivity index (χ3n) is 2.96. The quantitative estimate of drug-likeness (QED) is 0.722. The molecule has 2 rings (SSSR count). The van der Waals surface area contributed by atoms with E-state index >= 15 is 0 Å². The lowest BCUT2D eigenvalue weighted by molar-refractivity contribution is 0.479. The number of hydrogen-bond acceptors (Lipinski definition) is 3. The molecule has 0 bridgehead atoms. The third kappa shape index (κ3) is 3.34. The summed E-state index contributed by atoms with van der Waals surface area (Å²) < 4.78 is 5.85. The van der Waals surface area contributed by atoms with Crippen molar-refractivity contribution >= 4 is 11.8 Å². The molecule has 0 saturated heterocycles. The van der Waals surface area contributed by atoms with Crippen molar-refractivity contribution < 1.29 is 4.74 Å². The molecular formula is C17H17NOS. The third-order valence-corrected chi connectivity index (χ3v) is 3.90. The molecule has 0 radical (unpaired) electrons. The highest BCUT2D eigenvalue weighted by molar-refractivity contribution is 7.99. The lowest BCUT2D eigenvalue weighted by Crippen LogP contribution is -1.91. The van der Waals surface area contributed by atoms with E-state index in [0.29, 0.717) is 11.3 Å². The van der Waals surface area contributed by atoms with Gasteiger partial charge in [-0.05, 0) is 42.0 Å². The average molecular weight is 283 g/mol. The summed E-state index contributed by atoms with van der Waals surface area (Å²) in [6.45, 7) is 4.19. The molecule has 3 heteroatoms. The molecule has 20 heavy (non-hydrogen) atoms. The Hall–Kier alpha value is -1.92. The van der Waals surface area contributed by atoms with Crippen LogP contribution >= 0.6 is 11.8 Å². The maximum atomic E-state index is 9.34. The monoisotopic (exact) mass is 283 g/mol. The summed E-state index contributed by atoms with van der Waals surface area (Å²) in [5.41, 5.74) is 1.88. The Labute approximate surface area is 124 Å². The molecule has 0 saturated carbocycles. The predicted octanol–water partition coefficient (Wildman–Crippen LogP) is 5.02. The van der Waals surface area contributed by atoms with Crippen LogP contribution in [0.4, 0.5) is 0 Å². The smallest absolute Gasteiger partial charge is 0.146 e. The van der Waals surface area contributed by atoms with Gasteiger partial charge in [-0.25, -0.2) is 0 Å². The Bertz CT molecular complexity index is 614. The maximum absolute atomic E-state index is 9.34. The molecule has 0 spiro atoms. The minimum absolute atomic E-state index is 0.610. The van der Waals surface area contributed by atoms with Crippen molar-refractivity contribution in [3.8, 4) is 17.6 Å². The highest BCUT2D eigenvalue weighted by Crippen LogP contribution is 2.32. The largest absolute Gasteiger partial charge is 0.456 e. The van der Waals surface area contributed by atoms with Gasteiger partial charge in [0.25, 0.3) is 0 Å². The van der Waals surface area contributed by atoms with Gasteiger partial charge in [-0.2, -0.15) is 5.26 Å². The molecule has 0 aromatic heterocycles. The molecule has 0 heterocycles. The highest BCUT2D eigenvalue weighted by atomic mass is 32.2. The van der Waals surface area contributed by atoms with Crippen molar-refractivity contribution in [2.45, 2.75) is 25.2 Å². The maximum Gasteiger partial charge on any atom is 0.146 e. The van der Waals surface area contributed by atoms with Crippen LogP contribution in [0.2, 0.25) is 0 Å². The Morgan fingerprint density at radius 2 is 1.85 bits per heavy atom. The molecule has 0 unspecified atom stereocenters.